The molecule has 126 valence electrons. The average Bonchev–Trinajstić information content (AvgIpc) is 3.14. The van der Waals surface area contributed by atoms with Crippen LogP contribution in [0.1, 0.15) is 48.3 Å². The third kappa shape index (κ3) is 2.51. The minimum Gasteiger partial charge on any atom is -0.302 e. The molecule has 0 spiro atoms. The van der Waals surface area contributed by atoms with E-state index in [1.807, 2.05) is 25.5 Å². The van der Waals surface area contributed by atoms with E-state index in [1.54, 1.807) is 15.2 Å². The maximum absolute atomic E-state index is 15.3. The number of hydrogen-bond acceptors (Lipinski definition) is 5. The van der Waals surface area contributed by atoms with Crippen LogP contribution in [0, 0.1) is 0 Å². The topological polar surface area (TPSA) is 51.0 Å². The molecular formula is C17H19FN4OS. The lowest BCUT2D eigenvalue weighted by atomic mass is 9.80. The first-order chi connectivity index (χ1) is 11.5. The molecule has 5 nitrogen and oxygen atoms in total. The van der Waals surface area contributed by atoms with E-state index in [-0.39, 0.29) is 24.5 Å². The van der Waals surface area contributed by atoms with Gasteiger partial charge in [0.1, 0.15) is 17.3 Å². The zero-order chi connectivity index (χ0) is 16.9. The van der Waals surface area contributed by atoms with Crippen molar-refractivity contribution in [3.63, 3.8) is 0 Å². The molecule has 3 heterocycles. The van der Waals surface area contributed by atoms with Gasteiger partial charge in [0.05, 0.1) is 6.20 Å². The summed E-state index contributed by atoms with van der Waals surface area (Å²) in [5.41, 5.74) is 1.16. The van der Waals surface area contributed by atoms with Gasteiger partial charge >= 0.3 is 0 Å². The number of halogens is 1. The van der Waals surface area contributed by atoms with Crippen LogP contribution in [0.4, 0.5) is 10.2 Å². The summed E-state index contributed by atoms with van der Waals surface area (Å²) < 4.78 is 18.9. The summed E-state index contributed by atoms with van der Waals surface area (Å²) in [7, 11) is 1.88. The van der Waals surface area contributed by atoms with Gasteiger partial charge in [-0.15, -0.1) is 0 Å². The fraction of sp³-hybridized carbons (Fsp3) is 0.471. The number of fused-ring (bicyclic) bond motifs is 1. The highest BCUT2D eigenvalue weighted by atomic mass is 32.1. The van der Waals surface area contributed by atoms with Crippen molar-refractivity contribution in [1.82, 2.24) is 14.8 Å². The van der Waals surface area contributed by atoms with Crippen LogP contribution in [-0.2, 0) is 17.5 Å². The van der Waals surface area contributed by atoms with E-state index in [0.717, 1.165) is 16.9 Å². The van der Waals surface area contributed by atoms with Crippen LogP contribution in [-0.4, -0.2) is 27.1 Å². The second-order valence-electron chi connectivity index (χ2n) is 6.72. The van der Waals surface area contributed by atoms with Crippen molar-refractivity contribution in [3.05, 3.63) is 41.3 Å². The van der Waals surface area contributed by atoms with Crippen molar-refractivity contribution < 1.29 is 9.18 Å². The standard InChI is InChI=1S/C17H19FN4OS/c1-21-9-11(7-20-21)15-10-22(24)16-14(15)6-12(8-19-16)17(18)4-2-13(23)3-5-17/h6-9,15,24H,2-5,10H2,1H3. The van der Waals surface area contributed by atoms with Crippen LogP contribution < -0.4 is 4.31 Å². The molecule has 1 atom stereocenters. The minimum absolute atomic E-state index is 0.0764. The largest absolute Gasteiger partial charge is 0.302 e. The van der Waals surface area contributed by atoms with Gasteiger partial charge in [0.15, 0.2) is 0 Å². The Morgan fingerprint density at radius 2 is 2.08 bits per heavy atom. The fourth-order valence-corrected chi connectivity index (χ4v) is 4.00. The van der Waals surface area contributed by atoms with Crippen LogP contribution in [0.25, 0.3) is 0 Å². The molecule has 1 unspecified atom stereocenters. The molecule has 2 aliphatic rings. The van der Waals surface area contributed by atoms with E-state index < -0.39 is 5.67 Å². The summed E-state index contributed by atoms with van der Waals surface area (Å²) >= 11 is 4.49. The minimum atomic E-state index is -1.46. The third-order valence-electron chi connectivity index (χ3n) is 5.12. The number of aryl methyl sites for hydroxylation is 1. The molecule has 0 aromatic carbocycles. The average molecular weight is 346 g/mol. The number of hydrogen-bond donors (Lipinski definition) is 1. The van der Waals surface area contributed by atoms with Crippen LogP contribution >= 0.6 is 12.8 Å². The molecule has 7 heteroatoms. The molecule has 2 aromatic heterocycles. The number of ketones is 1. The highest BCUT2D eigenvalue weighted by molar-refractivity contribution is 7.81. The van der Waals surface area contributed by atoms with E-state index in [0.29, 0.717) is 24.9 Å². The molecule has 1 aliphatic heterocycles. The zero-order valence-electron chi connectivity index (χ0n) is 13.4. The first-order valence-electron chi connectivity index (χ1n) is 8.12. The fourth-order valence-electron chi connectivity index (χ4n) is 3.67. The van der Waals surface area contributed by atoms with Crippen LogP contribution in [0.5, 0.6) is 0 Å². The molecule has 0 amide bonds. The Morgan fingerprint density at radius 3 is 2.75 bits per heavy atom. The predicted molar refractivity (Wildman–Crippen MR) is 91.9 cm³/mol. The molecule has 0 bridgehead atoms. The van der Waals surface area contributed by atoms with Crippen molar-refractivity contribution in [1.29, 1.82) is 0 Å². The summed E-state index contributed by atoms with van der Waals surface area (Å²) in [5, 5.41) is 4.23. The summed E-state index contributed by atoms with van der Waals surface area (Å²) in [5.74, 6) is 0.992. The Morgan fingerprint density at radius 1 is 1.33 bits per heavy atom. The number of alkyl halides is 1. The maximum atomic E-state index is 15.3. The van der Waals surface area contributed by atoms with E-state index in [4.69, 9.17) is 0 Å². The number of aromatic nitrogens is 3. The van der Waals surface area contributed by atoms with Gasteiger partial charge < -0.3 is 4.31 Å². The Kier molecular flexibility index (Phi) is 3.63. The number of thiol groups is 1. The van der Waals surface area contributed by atoms with Crippen LogP contribution in [0.2, 0.25) is 0 Å². The normalized spacial score (nSPS) is 22.7. The lowest BCUT2D eigenvalue weighted by molar-refractivity contribution is -0.123. The van der Waals surface area contributed by atoms with Gasteiger partial charge in [-0.3, -0.25) is 9.48 Å². The van der Waals surface area contributed by atoms with Gasteiger partial charge in [-0.2, -0.15) is 5.10 Å². The van der Waals surface area contributed by atoms with Crippen molar-refractivity contribution in [2.45, 2.75) is 37.3 Å². The molecule has 2 aromatic rings. The zero-order valence-corrected chi connectivity index (χ0v) is 14.3. The second kappa shape index (κ2) is 5.58. The highest BCUT2D eigenvalue weighted by Crippen LogP contribution is 2.44. The summed E-state index contributed by atoms with van der Waals surface area (Å²) in [6.45, 7) is 0.679. The van der Waals surface area contributed by atoms with E-state index in [2.05, 4.69) is 22.9 Å². The van der Waals surface area contributed by atoms with Gasteiger partial charge in [0, 0.05) is 55.9 Å². The number of nitrogens with zero attached hydrogens (tertiary/aromatic N) is 4. The SMILES string of the molecule is Cn1cc(C2CN(S)c3ncc(C4(F)CCC(=O)CC4)cc32)cn1. The molecule has 1 fully saturated rings. The van der Waals surface area contributed by atoms with Gasteiger partial charge in [0.25, 0.3) is 0 Å². The van der Waals surface area contributed by atoms with E-state index >= 15 is 4.39 Å². The number of carbonyl (C=O) groups is 1. The molecule has 0 N–H and O–H groups in total. The monoisotopic (exact) mass is 346 g/mol. The van der Waals surface area contributed by atoms with Crippen LogP contribution in [0.15, 0.2) is 24.7 Å². The smallest absolute Gasteiger partial charge is 0.142 e. The summed E-state index contributed by atoms with van der Waals surface area (Å²) in [4.78, 5) is 15.9. The molecule has 1 saturated carbocycles. The first-order valence-corrected chi connectivity index (χ1v) is 8.52. The molecule has 0 saturated heterocycles. The molecule has 4 rings (SSSR count). The predicted octanol–water partition coefficient (Wildman–Crippen LogP) is 2.92. The summed E-state index contributed by atoms with van der Waals surface area (Å²) in [6.07, 6.45) is 6.50. The van der Waals surface area contributed by atoms with Crippen molar-refractivity contribution in [2.75, 3.05) is 10.8 Å². The van der Waals surface area contributed by atoms with Crippen molar-refractivity contribution >= 4 is 24.4 Å². The van der Waals surface area contributed by atoms with Gasteiger partial charge in [0.2, 0.25) is 0 Å². The molecule has 24 heavy (non-hydrogen) atoms. The lowest BCUT2D eigenvalue weighted by Crippen LogP contribution is -2.27. The third-order valence-corrected chi connectivity index (χ3v) is 5.47. The van der Waals surface area contributed by atoms with Crippen molar-refractivity contribution in [2.24, 2.45) is 7.05 Å². The van der Waals surface area contributed by atoms with E-state index in [9.17, 15) is 4.79 Å². The Labute approximate surface area is 145 Å². The Balaban J connectivity index is 1.72. The molecule has 0 radical (unpaired) electrons. The quantitative estimate of drug-likeness (QED) is 0.850. The maximum Gasteiger partial charge on any atom is 0.142 e. The number of rotatable bonds is 2. The van der Waals surface area contributed by atoms with Gasteiger partial charge in [-0.05, 0) is 24.5 Å². The lowest BCUT2D eigenvalue weighted by Gasteiger charge is -2.29. The highest BCUT2D eigenvalue weighted by Gasteiger charge is 2.39. The first kappa shape index (κ1) is 15.6. The Hall–Kier alpha value is -1.89. The number of Topliss-reactive ketones (excluding diaryl/α,β-unsaturated/α-hetero) is 1. The number of carbonyl (C=O) groups excluding carboxylic acids is 1. The molecular weight excluding hydrogens is 327 g/mol. The van der Waals surface area contributed by atoms with E-state index in [1.165, 1.54) is 0 Å². The van der Waals surface area contributed by atoms with Gasteiger partial charge in [-0.1, -0.05) is 12.8 Å². The summed E-state index contributed by atoms with van der Waals surface area (Å²) in [6, 6.07) is 1.91. The van der Waals surface area contributed by atoms with Gasteiger partial charge in [-0.25, -0.2) is 9.37 Å². The van der Waals surface area contributed by atoms with Crippen molar-refractivity contribution in [3.8, 4) is 0 Å². The Bertz CT molecular complexity index is 796. The van der Waals surface area contributed by atoms with Crippen LogP contribution in [0.3, 0.4) is 0 Å². The number of anilines is 1. The second-order valence-corrected chi connectivity index (χ2v) is 7.21. The number of pyridine rings is 1. The molecule has 1 aliphatic carbocycles.